The normalized spacial score (nSPS) is 21.9. The Morgan fingerprint density at radius 1 is 1.17 bits per heavy atom. The van der Waals surface area contributed by atoms with Gasteiger partial charge in [0.1, 0.15) is 5.82 Å². The Hall–Kier alpha value is -1.72. The van der Waals surface area contributed by atoms with Gasteiger partial charge in [-0.25, -0.2) is 17.9 Å². The van der Waals surface area contributed by atoms with E-state index in [9.17, 15) is 12.8 Å². The van der Waals surface area contributed by atoms with Gasteiger partial charge >= 0.3 is 0 Å². The Morgan fingerprint density at radius 2 is 1.87 bits per heavy atom. The first-order valence-corrected chi connectivity index (χ1v) is 9.33. The highest BCUT2D eigenvalue weighted by Crippen LogP contribution is 2.50. The Labute approximate surface area is 136 Å². The molecule has 3 nitrogen and oxygen atoms in total. The monoisotopic (exact) mass is 333 g/mol. The van der Waals surface area contributed by atoms with Crippen molar-refractivity contribution in [3.05, 3.63) is 59.9 Å². The van der Waals surface area contributed by atoms with Gasteiger partial charge in [-0.1, -0.05) is 36.4 Å². The van der Waals surface area contributed by atoms with Gasteiger partial charge in [0.05, 0.1) is 5.25 Å². The summed E-state index contributed by atoms with van der Waals surface area (Å²) in [5.41, 5.74) is 3.03. The topological polar surface area (TPSA) is 60.2 Å². The molecular weight excluding hydrogens is 313 g/mol. The number of primary sulfonamides is 1. The van der Waals surface area contributed by atoms with E-state index < -0.39 is 15.3 Å². The molecule has 1 fully saturated rings. The molecule has 1 aliphatic rings. The second-order valence-corrected chi connectivity index (χ2v) is 8.35. The molecule has 2 N–H and O–H groups in total. The fraction of sp³-hybridized carbons (Fsp3) is 0.333. The summed E-state index contributed by atoms with van der Waals surface area (Å²) in [5, 5.41) is 4.68. The molecule has 0 amide bonds. The zero-order valence-electron chi connectivity index (χ0n) is 12.9. The zero-order valence-corrected chi connectivity index (χ0v) is 13.8. The van der Waals surface area contributed by atoms with Gasteiger partial charge in [0.2, 0.25) is 10.0 Å². The highest BCUT2D eigenvalue weighted by Gasteiger charge is 2.40. The van der Waals surface area contributed by atoms with Crippen LogP contribution in [0.4, 0.5) is 4.39 Å². The molecule has 0 aliphatic heterocycles. The van der Waals surface area contributed by atoms with Crippen molar-refractivity contribution in [3.8, 4) is 11.1 Å². The Morgan fingerprint density at radius 3 is 2.48 bits per heavy atom. The van der Waals surface area contributed by atoms with Gasteiger partial charge in [0, 0.05) is 0 Å². The van der Waals surface area contributed by atoms with Gasteiger partial charge in [-0.05, 0) is 60.4 Å². The predicted octanol–water partition coefficient (Wildman–Crippen LogP) is 3.66. The maximum atomic E-state index is 13.3. The van der Waals surface area contributed by atoms with Crippen LogP contribution in [0.25, 0.3) is 11.1 Å². The lowest BCUT2D eigenvalue weighted by molar-refractivity contribution is 0.569. The predicted molar refractivity (Wildman–Crippen MR) is 89.9 cm³/mol. The highest BCUT2D eigenvalue weighted by molar-refractivity contribution is 7.89. The Balaban J connectivity index is 1.68. The van der Waals surface area contributed by atoms with Crippen LogP contribution in [0, 0.1) is 11.7 Å². The minimum absolute atomic E-state index is 0.245. The van der Waals surface area contributed by atoms with Crippen LogP contribution < -0.4 is 5.14 Å². The Bertz CT molecular complexity index is 802. The summed E-state index contributed by atoms with van der Waals surface area (Å²) >= 11 is 0. The standard InChI is InChI=1S/C18H20FNO2S/c1-12(23(20,21)22)9-16-11-18(16)14-7-5-13(6-8-14)15-3-2-4-17(19)10-15/h2-8,10,12,16,18H,9,11H2,1H3,(H2,20,21,22)/t12?,16-,18+/m1/s1. The molecule has 0 aromatic heterocycles. The van der Waals surface area contributed by atoms with Crippen molar-refractivity contribution in [1.82, 2.24) is 0 Å². The summed E-state index contributed by atoms with van der Waals surface area (Å²) in [6, 6.07) is 14.6. The van der Waals surface area contributed by atoms with E-state index in [1.165, 1.54) is 17.7 Å². The molecule has 0 radical (unpaired) electrons. The molecule has 0 heterocycles. The van der Waals surface area contributed by atoms with Gasteiger partial charge in [-0.3, -0.25) is 0 Å². The maximum Gasteiger partial charge on any atom is 0.211 e. The largest absolute Gasteiger partial charge is 0.228 e. The van der Waals surface area contributed by atoms with E-state index in [0.29, 0.717) is 18.3 Å². The number of sulfonamides is 1. The minimum Gasteiger partial charge on any atom is -0.228 e. The van der Waals surface area contributed by atoms with E-state index in [0.717, 1.165) is 17.5 Å². The molecule has 122 valence electrons. The lowest BCUT2D eigenvalue weighted by Gasteiger charge is -2.08. The molecule has 0 bridgehead atoms. The van der Waals surface area contributed by atoms with Crippen molar-refractivity contribution < 1.29 is 12.8 Å². The summed E-state index contributed by atoms with van der Waals surface area (Å²) in [7, 11) is -3.45. The summed E-state index contributed by atoms with van der Waals surface area (Å²) < 4.78 is 35.9. The molecule has 5 heteroatoms. The molecule has 23 heavy (non-hydrogen) atoms. The molecular formula is C18H20FNO2S. The van der Waals surface area contributed by atoms with Gasteiger partial charge in [0.25, 0.3) is 0 Å². The molecule has 2 aromatic carbocycles. The van der Waals surface area contributed by atoms with Crippen LogP contribution >= 0.6 is 0 Å². The third kappa shape index (κ3) is 3.79. The first kappa shape index (κ1) is 16.1. The summed E-state index contributed by atoms with van der Waals surface area (Å²) in [4.78, 5) is 0. The fourth-order valence-electron chi connectivity index (χ4n) is 3.07. The van der Waals surface area contributed by atoms with E-state index >= 15 is 0 Å². The number of benzene rings is 2. The summed E-state index contributed by atoms with van der Waals surface area (Å²) in [6.07, 6.45) is 1.61. The second kappa shape index (κ2) is 6.06. The van der Waals surface area contributed by atoms with E-state index in [1.807, 2.05) is 30.3 Å². The van der Waals surface area contributed by atoms with Gasteiger partial charge in [-0.15, -0.1) is 0 Å². The smallest absolute Gasteiger partial charge is 0.211 e. The van der Waals surface area contributed by atoms with Crippen LogP contribution in [0.15, 0.2) is 48.5 Å². The van der Waals surface area contributed by atoms with Crippen LogP contribution in [0.2, 0.25) is 0 Å². The van der Waals surface area contributed by atoms with Gasteiger partial charge < -0.3 is 0 Å². The lowest BCUT2D eigenvalue weighted by Crippen LogP contribution is -2.26. The van der Waals surface area contributed by atoms with Crippen LogP contribution in [0.1, 0.15) is 31.2 Å². The van der Waals surface area contributed by atoms with Gasteiger partial charge in [-0.2, -0.15) is 0 Å². The Kier molecular flexibility index (Phi) is 4.25. The van der Waals surface area contributed by atoms with Crippen LogP contribution in [0.5, 0.6) is 0 Å². The summed E-state index contributed by atoms with van der Waals surface area (Å²) in [5.74, 6) is 0.537. The second-order valence-electron chi connectivity index (χ2n) is 6.37. The molecule has 1 unspecified atom stereocenters. The third-order valence-corrected chi connectivity index (χ3v) is 5.93. The first-order chi connectivity index (χ1) is 10.8. The van der Waals surface area contributed by atoms with Crippen molar-refractivity contribution in [2.24, 2.45) is 11.1 Å². The van der Waals surface area contributed by atoms with E-state index in [4.69, 9.17) is 5.14 Å². The fourth-order valence-corrected chi connectivity index (χ4v) is 3.58. The zero-order chi connectivity index (χ0) is 16.6. The average molecular weight is 333 g/mol. The summed E-state index contributed by atoms with van der Waals surface area (Å²) in [6.45, 7) is 1.66. The maximum absolute atomic E-state index is 13.3. The van der Waals surface area contributed by atoms with Gasteiger partial charge in [0.15, 0.2) is 0 Å². The SMILES string of the molecule is CC(C[C@@H]1C[C@H]1c1ccc(-c2cccc(F)c2)cc1)S(N)(=O)=O. The lowest BCUT2D eigenvalue weighted by atomic mass is 10.0. The number of halogens is 1. The number of nitrogens with two attached hydrogens (primary N) is 1. The molecule has 0 spiro atoms. The van der Waals surface area contributed by atoms with Crippen LogP contribution in [0.3, 0.4) is 0 Å². The first-order valence-electron chi connectivity index (χ1n) is 7.72. The molecule has 0 saturated heterocycles. The average Bonchev–Trinajstić information content (AvgIpc) is 3.26. The number of hydrogen-bond acceptors (Lipinski definition) is 2. The molecule has 1 saturated carbocycles. The molecule has 3 atom stereocenters. The van der Waals surface area contributed by atoms with Crippen molar-refractivity contribution in [1.29, 1.82) is 0 Å². The van der Waals surface area contributed by atoms with Crippen molar-refractivity contribution in [2.45, 2.75) is 30.9 Å². The quantitative estimate of drug-likeness (QED) is 0.907. The van der Waals surface area contributed by atoms with Crippen LogP contribution in [-0.4, -0.2) is 13.7 Å². The van der Waals surface area contributed by atoms with Crippen molar-refractivity contribution in [2.75, 3.05) is 0 Å². The highest BCUT2D eigenvalue weighted by atomic mass is 32.2. The van der Waals surface area contributed by atoms with E-state index in [1.54, 1.807) is 13.0 Å². The van der Waals surface area contributed by atoms with E-state index in [2.05, 4.69) is 0 Å². The van der Waals surface area contributed by atoms with E-state index in [-0.39, 0.29) is 5.82 Å². The molecule has 2 aromatic rings. The number of hydrogen-bond donors (Lipinski definition) is 1. The molecule has 3 rings (SSSR count). The minimum atomic E-state index is -3.45. The van der Waals surface area contributed by atoms with Crippen molar-refractivity contribution >= 4 is 10.0 Å². The van der Waals surface area contributed by atoms with Crippen molar-refractivity contribution in [3.63, 3.8) is 0 Å². The van der Waals surface area contributed by atoms with Crippen LogP contribution in [-0.2, 0) is 10.0 Å². The number of rotatable bonds is 5. The molecule has 1 aliphatic carbocycles. The third-order valence-electron chi connectivity index (χ3n) is 4.61.